The Hall–Kier alpha value is -2.32. The highest BCUT2D eigenvalue weighted by atomic mass is 32.2. The van der Waals surface area contributed by atoms with Crippen LogP contribution in [0.4, 0.5) is 11.4 Å². The third-order valence-electron chi connectivity index (χ3n) is 5.41. The number of aliphatic imine (C=N–C) groups is 1. The number of carbonyl (C=O) groups excluding carboxylic acids is 1. The van der Waals surface area contributed by atoms with Gasteiger partial charge in [-0.05, 0) is 44.5 Å². The molecule has 30 heavy (non-hydrogen) atoms. The first kappa shape index (κ1) is 20.9. The number of fused-ring (bicyclic) bond motifs is 1. The van der Waals surface area contributed by atoms with Crippen LogP contribution in [0.1, 0.15) is 16.7 Å². The van der Waals surface area contributed by atoms with E-state index in [-0.39, 0.29) is 35.2 Å². The third-order valence-corrected chi connectivity index (χ3v) is 8.07. The molecule has 0 aromatic heterocycles. The Bertz CT molecular complexity index is 1110. The molecular weight excluding hydrogens is 418 g/mol. The minimum Gasteiger partial charge on any atom is -0.325 e. The highest BCUT2D eigenvalue weighted by molar-refractivity contribution is 8.14. The molecule has 0 saturated carbocycles. The highest BCUT2D eigenvalue weighted by Crippen LogP contribution is 2.35. The van der Waals surface area contributed by atoms with Gasteiger partial charge in [0.1, 0.15) is 0 Å². The lowest BCUT2D eigenvalue weighted by Gasteiger charge is -2.26. The number of thioether (sulfide) groups is 1. The summed E-state index contributed by atoms with van der Waals surface area (Å²) in [6.45, 7) is 6.00. The van der Waals surface area contributed by atoms with E-state index in [0.717, 1.165) is 28.1 Å². The number of rotatable bonds is 4. The summed E-state index contributed by atoms with van der Waals surface area (Å²) in [5, 5.41) is 3.67. The number of carbonyl (C=O) groups is 1. The Morgan fingerprint density at radius 3 is 2.50 bits per heavy atom. The molecule has 6 nitrogen and oxygen atoms in total. The van der Waals surface area contributed by atoms with Crippen LogP contribution in [0, 0.1) is 20.8 Å². The minimum atomic E-state index is -3.10. The quantitative estimate of drug-likeness (QED) is 0.784. The van der Waals surface area contributed by atoms with Crippen molar-refractivity contribution >= 4 is 44.0 Å². The van der Waals surface area contributed by atoms with Gasteiger partial charge in [-0.3, -0.25) is 9.79 Å². The van der Waals surface area contributed by atoms with Crippen LogP contribution < -0.4 is 10.2 Å². The van der Waals surface area contributed by atoms with E-state index in [2.05, 4.69) is 10.3 Å². The molecule has 0 aliphatic carbocycles. The molecule has 1 amide bonds. The Morgan fingerprint density at radius 2 is 1.80 bits per heavy atom. The van der Waals surface area contributed by atoms with E-state index in [1.807, 2.05) is 68.1 Å². The van der Waals surface area contributed by atoms with Crippen molar-refractivity contribution < 1.29 is 13.2 Å². The molecule has 2 heterocycles. The van der Waals surface area contributed by atoms with Crippen molar-refractivity contribution in [3.63, 3.8) is 0 Å². The molecule has 0 spiro atoms. The number of amides is 1. The van der Waals surface area contributed by atoms with Gasteiger partial charge < -0.3 is 10.2 Å². The SMILES string of the molecule is Cc1ccc(N2C(SCC(=O)Nc3ccc(C)cc3C)=NC3CS(=O)(=O)CC32)cc1. The van der Waals surface area contributed by atoms with Crippen LogP contribution in [0.5, 0.6) is 0 Å². The topological polar surface area (TPSA) is 78.8 Å². The van der Waals surface area contributed by atoms with Crippen molar-refractivity contribution in [1.82, 2.24) is 0 Å². The highest BCUT2D eigenvalue weighted by Gasteiger charge is 2.47. The first-order valence-corrected chi connectivity index (χ1v) is 12.7. The first-order chi connectivity index (χ1) is 14.2. The predicted molar refractivity (Wildman–Crippen MR) is 124 cm³/mol. The Kier molecular flexibility index (Phi) is 5.63. The molecule has 1 fully saturated rings. The van der Waals surface area contributed by atoms with Crippen LogP contribution in [0.15, 0.2) is 47.5 Å². The van der Waals surface area contributed by atoms with Gasteiger partial charge >= 0.3 is 0 Å². The summed E-state index contributed by atoms with van der Waals surface area (Å²) >= 11 is 1.35. The normalized spacial score (nSPS) is 22.0. The lowest BCUT2D eigenvalue weighted by atomic mass is 10.1. The van der Waals surface area contributed by atoms with E-state index >= 15 is 0 Å². The lowest BCUT2D eigenvalue weighted by molar-refractivity contribution is -0.113. The molecule has 2 unspecified atom stereocenters. The maximum absolute atomic E-state index is 12.5. The zero-order valence-electron chi connectivity index (χ0n) is 17.3. The van der Waals surface area contributed by atoms with E-state index in [9.17, 15) is 13.2 Å². The fraction of sp³-hybridized carbons (Fsp3) is 0.364. The second-order valence-corrected chi connectivity index (χ2v) is 11.1. The van der Waals surface area contributed by atoms with Gasteiger partial charge in [-0.1, -0.05) is 47.2 Å². The van der Waals surface area contributed by atoms with E-state index in [4.69, 9.17) is 0 Å². The van der Waals surface area contributed by atoms with E-state index in [1.54, 1.807) is 0 Å². The summed E-state index contributed by atoms with van der Waals surface area (Å²) in [5.74, 6) is 0.260. The molecule has 1 saturated heterocycles. The zero-order chi connectivity index (χ0) is 21.5. The molecule has 2 atom stereocenters. The van der Waals surface area contributed by atoms with Crippen LogP contribution in [-0.4, -0.2) is 48.8 Å². The lowest BCUT2D eigenvalue weighted by Crippen LogP contribution is -2.39. The van der Waals surface area contributed by atoms with Crippen LogP contribution in [0.2, 0.25) is 0 Å². The Morgan fingerprint density at radius 1 is 1.10 bits per heavy atom. The Labute approximate surface area is 181 Å². The largest absolute Gasteiger partial charge is 0.325 e. The average Bonchev–Trinajstić information content (AvgIpc) is 3.14. The van der Waals surface area contributed by atoms with Crippen LogP contribution >= 0.6 is 11.8 Å². The number of amidine groups is 1. The van der Waals surface area contributed by atoms with Crippen molar-refractivity contribution in [3.05, 3.63) is 59.2 Å². The van der Waals surface area contributed by atoms with Crippen molar-refractivity contribution in [3.8, 4) is 0 Å². The number of nitrogens with one attached hydrogen (secondary N) is 1. The second-order valence-electron chi connectivity index (χ2n) is 7.98. The molecule has 2 aliphatic heterocycles. The molecule has 158 valence electrons. The third kappa shape index (κ3) is 4.39. The summed E-state index contributed by atoms with van der Waals surface area (Å²) in [7, 11) is -3.10. The van der Waals surface area contributed by atoms with E-state index in [1.165, 1.54) is 11.8 Å². The number of sulfone groups is 1. The van der Waals surface area contributed by atoms with Gasteiger partial charge in [-0.25, -0.2) is 8.42 Å². The van der Waals surface area contributed by atoms with Crippen molar-refractivity contribution in [2.75, 3.05) is 27.5 Å². The van der Waals surface area contributed by atoms with Gasteiger partial charge in [0.2, 0.25) is 5.91 Å². The summed E-state index contributed by atoms with van der Waals surface area (Å²) in [6.07, 6.45) is 0. The number of nitrogens with zero attached hydrogens (tertiary/aromatic N) is 2. The number of anilines is 2. The van der Waals surface area contributed by atoms with Gasteiger partial charge in [-0.2, -0.15) is 0 Å². The molecule has 0 radical (unpaired) electrons. The van der Waals surface area contributed by atoms with Crippen LogP contribution in [-0.2, 0) is 14.6 Å². The average molecular weight is 444 g/mol. The monoisotopic (exact) mass is 443 g/mol. The first-order valence-electron chi connectivity index (χ1n) is 9.86. The van der Waals surface area contributed by atoms with Gasteiger partial charge in [-0.15, -0.1) is 0 Å². The summed E-state index contributed by atoms with van der Waals surface area (Å²) in [5.41, 5.74) is 5.01. The fourth-order valence-corrected chi connectivity index (χ4v) is 6.68. The number of benzene rings is 2. The molecule has 8 heteroatoms. The zero-order valence-corrected chi connectivity index (χ0v) is 18.9. The maximum Gasteiger partial charge on any atom is 0.234 e. The number of hydrogen-bond donors (Lipinski definition) is 1. The molecule has 4 rings (SSSR count). The van der Waals surface area contributed by atoms with Gasteiger partial charge in [0.25, 0.3) is 0 Å². The van der Waals surface area contributed by atoms with Crippen LogP contribution in [0.25, 0.3) is 0 Å². The molecule has 1 N–H and O–H groups in total. The molecular formula is C22H25N3O3S2. The van der Waals surface area contributed by atoms with Crippen molar-refractivity contribution in [2.24, 2.45) is 4.99 Å². The minimum absolute atomic E-state index is 0.0683. The van der Waals surface area contributed by atoms with Gasteiger partial charge in [0.15, 0.2) is 15.0 Å². The van der Waals surface area contributed by atoms with Gasteiger partial charge in [0, 0.05) is 11.4 Å². The second kappa shape index (κ2) is 8.07. The van der Waals surface area contributed by atoms with Crippen molar-refractivity contribution in [2.45, 2.75) is 32.9 Å². The van der Waals surface area contributed by atoms with Crippen molar-refractivity contribution in [1.29, 1.82) is 0 Å². The van der Waals surface area contributed by atoms with Gasteiger partial charge in [0.05, 0.1) is 29.3 Å². The fourth-order valence-electron chi connectivity index (χ4n) is 3.91. The molecule has 2 aromatic rings. The molecule has 2 aliphatic rings. The van der Waals surface area contributed by atoms with Crippen LogP contribution in [0.3, 0.4) is 0 Å². The Balaban J connectivity index is 1.50. The van der Waals surface area contributed by atoms with E-state index < -0.39 is 9.84 Å². The number of aryl methyl sites for hydroxylation is 3. The standard InChI is InChI=1S/C22H25N3O3S2/c1-14-4-7-17(8-5-14)25-20-13-30(27,28)12-19(20)24-22(25)29-11-21(26)23-18-9-6-15(2)10-16(18)3/h4-10,19-20H,11-13H2,1-3H3,(H,23,26). The summed E-state index contributed by atoms with van der Waals surface area (Å²) in [4.78, 5) is 19.2. The van der Waals surface area contributed by atoms with E-state index in [0.29, 0.717) is 5.17 Å². The molecule has 0 bridgehead atoms. The predicted octanol–water partition coefficient (Wildman–Crippen LogP) is 3.33. The smallest absolute Gasteiger partial charge is 0.234 e. The maximum atomic E-state index is 12.5. The molecule has 2 aromatic carbocycles. The number of hydrogen-bond acceptors (Lipinski definition) is 6. The summed E-state index contributed by atoms with van der Waals surface area (Å²) in [6, 6.07) is 13.4. The summed E-state index contributed by atoms with van der Waals surface area (Å²) < 4.78 is 24.3.